The van der Waals surface area contributed by atoms with Crippen molar-refractivity contribution in [3.05, 3.63) is 12.7 Å². The summed E-state index contributed by atoms with van der Waals surface area (Å²) in [6, 6.07) is 0. The number of nitrogens with zero attached hydrogens (tertiary/aromatic N) is 1. The van der Waals surface area contributed by atoms with Crippen LogP contribution in [0.3, 0.4) is 0 Å². The maximum absolute atomic E-state index is 3.83. The highest BCUT2D eigenvalue weighted by atomic mass is 15.1. The molecule has 0 bridgehead atoms. The molecule has 0 aromatic rings. The van der Waals surface area contributed by atoms with Gasteiger partial charge in [0.1, 0.15) is 0 Å². The van der Waals surface area contributed by atoms with E-state index in [1.165, 1.54) is 19.3 Å². The van der Waals surface area contributed by atoms with Gasteiger partial charge >= 0.3 is 0 Å². The van der Waals surface area contributed by atoms with Gasteiger partial charge in [0.15, 0.2) is 0 Å². The predicted octanol–water partition coefficient (Wildman–Crippen LogP) is 1.66. The first-order valence-electron chi connectivity index (χ1n) is 3.52. The lowest BCUT2D eigenvalue weighted by Gasteiger charge is -2.44. The normalized spacial score (nSPS) is 23.4. The molecule has 0 spiro atoms. The Labute approximate surface area is 57.4 Å². The summed E-state index contributed by atoms with van der Waals surface area (Å²) in [5.41, 5.74) is 0.361. The average Bonchev–Trinajstić information content (AvgIpc) is 1.62. The van der Waals surface area contributed by atoms with E-state index >= 15 is 0 Å². The molecular weight excluding hydrogens is 110 g/mol. The third-order valence-electron chi connectivity index (χ3n) is 2.49. The highest BCUT2D eigenvalue weighted by Gasteiger charge is 2.35. The van der Waals surface area contributed by atoms with E-state index < -0.39 is 0 Å². The average molecular weight is 125 g/mol. The Bertz CT molecular complexity index is 112. The van der Waals surface area contributed by atoms with Gasteiger partial charge in [0, 0.05) is 5.54 Å². The highest BCUT2D eigenvalue weighted by molar-refractivity contribution is 5.08. The lowest BCUT2D eigenvalue weighted by atomic mass is 9.76. The molecule has 0 unspecified atom stereocenters. The smallest absolute Gasteiger partial charge is 0.0382 e. The van der Waals surface area contributed by atoms with Crippen molar-refractivity contribution in [3.8, 4) is 0 Å². The molecule has 0 aromatic heterocycles. The van der Waals surface area contributed by atoms with E-state index in [4.69, 9.17) is 0 Å². The number of hydrogen-bond donors (Lipinski definition) is 0. The van der Waals surface area contributed by atoms with E-state index in [2.05, 4.69) is 31.7 Å². The Kier molecular flexibility index (Phi) is 1.62. The summed E-state index contributed by atoms with van der Waals surface area (Å²) in [5.74, 6) is 0. The van der Waals surface area contributed by atoms with E-state index in [1.807, 2.05) is 0 Å². The first-order chi connectivity index (χ1) is 4.21. The SMILES string of the molecule is C=CC1(N(C)C)CCC1. The van der Waals surface area contributed by atoms with Crippen LogP contribution in [0.2, 0.25) is 0 Å². The van der Waals surface area contributed by atoms with Gasteiger partial charge in [-0.3, -0.25) is 0 Å². The van der Waals surface area contributed by atoms with Crippen LogP contribution >= 0.6 is 0 Å². The maximum Gasteiger partial charge on any atom is 0.0382 e. The van der Waals surface area contributed by atoms with Crippen LogP contribution < -0.4 is 0 Å². The van der Waals surface area contributed by atoms with Gasteiger partial charge in [-0.1, -0.05) is 6.08 Å². The molecule has 1 heteroatoms. The molecule has 0 heterocycles. The minimum absolute atomic E-state index is 0.361. The summed E-state index contributed by atoms with van der Waals surface area (Å²) in [7, 11) is 4.25. The van der Waals surface area contributed by atoms with E-state index in [-0.39, 0.29) is 0 Å². The van der Waals surface area contributed by atoms with Crippen LogP contribution in [0, 0.1) is 0 Å². The first-order valence-corrected chi connectivity index (χ1v) is 3.52. The van der Waals surface area contributed by atoms with E-state index in [0.717, 1.165) is 0 Å². The zero-order valence-corrected chi connectivity index (χ0v) is 6.35. The Morgan fingerprint density at radius 1 is 1.44 bits per heavy atom. The number of hydrogen-bond acceptors (Lipinski definition) is 1. The zero-order chi connectivity index (χ0) is 6.91. The Balaban J connectivity index is 2.56. The quantitative estimate of drug-likeness (QED) is 0.507. The molecule has 1 fully saturated rings. The molecule has 0 aromatic carbocycles. The molecule has 0 N–H and O–H groups in total. The van der Waals surface area contributed by atoms with Crippen LogP contribution in [0.4, 0.5) is 0 Å². The molecule has 9 heavy (non-hydrogen) atoms. The van der Waals surface area contributed by atoms with Crippen molar-refractivity contribution in [2.24, 2.45) is 0 Å². The molecule has 0 saturated heterocycles. The van der Waals surface area contributed by atoms with Gasteiger partial charge in [-0.2, -0.15) is 0 Å². The third kappa shape index (κ3) is 0.897. The molecule has 1 saturated carbocycles. The van der Waals surface area contributed by atoms with Gasteiger partial charge in [0.2, 0.25) is 0 Å². The predicted molar refractivity (Wildman–Crippen MR) is 40.5 cm³/mol. The minimum atomic E-state index is 0.361. The Morgan fingerprint density at radius 3 is 2.00 bits per heavy atom. The Morgan fingerprint density at radius 2 is 2.00 bits per heavy atom. The second-order valence-corrected chi connectivity index (χ2v) is 3.06. The van der Waals surface area contributed by atoms with Crippen molar-refractivity contribution < 1.29 is 0 Å². The first kappa shape index (κ1) is 6.81. The van der Waals surface area contributed by atoms with Crippen molar-refractivity contribution in [1.29, 1.82) is 0 Å². The molecule has 0 amide bonds. The third-order valence-corrected chi connectivity index (χ3v) is 2.49. The second kappa shape index (κ2) is 2.14. The van der Waals surface area contributed by atoms with Crippen molar-refractivity contribution in [1.82, 2.24) is 4.90 Å². The summed E-state index contributed by atoms with van der Waals surface area (Å²) < 4.78 is 0. The van der Waals surface area contributed by atoms with Crippen LogP contribution in [0.25, 0.3) is 0 Å². The van der Waals surface area contributed by atoms with E-state index in [1.54, 1.807) is 0 Å². The minimum Gasteiger partial charge on any atom is -0.300 e. The largest absolute Gasteiger partial charge is 0.300 e. The molecule has 1 rings (SSSR count). The standard InChI is InChI=1S/C8H15N/c1-4-8(9(2)3)6-5-7-8/h4H,1,5-7H2,2-3H3. The fourth-order valence-corrected chi connectivity index (χ4v) is 1.37. The molecule has 0 atom stereocenters. The van der Waals surface area contributed by atoms with Crippen LogP contribution in [0.15, 0.2) is 12.7 Å². The van der Waals surface area contributed by atoms with Gasteiger partial charge < -0.3 is 4.90 Å². The molecule has 1 aliphatic rings. The van der Waals surface area contributed by atoms with Gasteiger partial charge in [-0.15, -0.1) is 6.58 Å². The number of rotatable bonds is 2. The van der Waals surface area contributed by atoms with E-state index in [0.29, 0.717) is 5.54 Å². The molecule has 1 aliphatic carbocycles. The van der Waals surface area contributed by atoms with Crippen LogP contribution in [0.5, 0.6) is 0 Å². The monoisotopic (exact) mass is 125 g/mol. The van der Waals surface area contributed by atoms with E-state index in [9.17, 15) is 0 Å². The van der Waals surface area contributed by atoms with Crippen molar-refractivity contribution in [3.63, 3.8) is 0 Å². The van der Waals surface area contributed by atoms with Crippen molar-refractivity contribution >= 4 is 0 Å². The lowest BCUT2D eigenvalue weighted by molar-refractivity contribution is 0.112. The van der Waals surface area contributed by atoms with Crippen LogP contribution in [-0.4, -0.2) is 24.5 Å². The van der Waals surface area contributed by atoms with Crippen molar-refractivity contribution in [2.45, 2.75) is 24.8 Å². The summed E-state index contributed by atoms with van der Waals surface area (Å²) in [5, 5.41) is 0. The van der Waals surface area contributed by atoms with Gasteiger partial charge in [0.25, 0.3) is 0 Å². The topological polar surface area (TPSA) is 3.24 Å². The lowest BCUT2D eigenvalue weighted by Crippen LogP contribution is -2.47. The fraction of sp³-hybridized carbons (Fsp3) is 0.750. The second-order valence-electron chi connectivity index (χ2n) is 3.06. The maximum atomic E-state index is 3.83. The molecular formula is C8H15N. The summed E-state index contributed by atoms with van der Waals surface area (Å²) >= 11 is 0. The van der Waals surface area contributed by atoms with Gasteiger partial charge in [-0.05, 0) is 33.4 Å². The number of likely N-dealkylation sites (N-methyl/N-ethyl adjacent to an activating group) is 1. The van der Waals surface area contributed by atoms with Crippen LogP contribution in [0.1, 0.15) is 19.3 Å². The van der Waals surface area contributed by atoms with Crippen molar-refractivity contribution in [2.75, 3.05) is 14.1 Å². The fourth-order valence-electron chi connectivity index (χ4n) is 1.37. The molecule has 0 aliphatic heterocycles. The van der Waals surface area contributed by atoms with Gasteiger partial charge in [0.05, 0.1) is 0 Å². The summed E-state index contributed by atoms with van der Waals surface area (Å²) in [6.45, 7) is 3.83. The zero-order valence-electron chi connectivity index (χ0n) is 6.35. The van der Waals surface area contributed by atoms with Gasteiger partial charge in [-0.25, -0.2) is 0 Å². The highest BCUT2D eigenvalue weighted by Crippen LogP contribution is 2.36. The van der Waals surface area contributed by atoms with Crippen LogP contribution in [-0.2, 0) is 0 Å². The molecule has 0 radical (unpaired) electrons. The molecule has 1 nitrogen and oxygen atoms in total. The molecule has 52 valence electrons. The Hall–Kier alpha value is -0.300. The summed E-state index contributed by atoms with van der Waals surface area (Å²) in [6.07, 6.45) is 6.04. The summed E-state index contributed by atoms with van der Waals surface area (Å²) in [4.78, 5) is 2.27.